The van der Waals surface area contributed by atoms with Crippen LogP contribution in [0.25, 0.3) is 22.4 Å². The van der Waals surface area contributed by atoms with E-state index in [1.165, 1.54) is 12.3 Å². The number of hydrogen-bond acceptors (Lipinski definition) is 5. The van der Waals surface area contributed by atoms with E-state index in [9.17, 15) is 13.2 Å². The Morgan fingerprint density at radius 3 is 2.66 bits per heavy atom. The second kappa shape index (κ2) is 6.31. The van der Waals surface area contributed by atoms with Crippen molar-refractivity contribution in [1.82, 2.24) is 15.0 Å². The standard InChI is InChI=1S/C20H10ClF3N4O/c21-12-2-1-7-25-18(12)14-6-4-11-17-16(9-26-19(11)28-14)29-15-8-10(20(22,23)24)3-5-13(15)27-17/h1-9,27H. The summed E-state index contributed by atoms with van der Waals surface area (Å²) < 4.78 is 44.5. The Morgan fingerprint density at radius 1 is 1.00 bits per heavy atom. The van der Waals surface area contributed by atoms with Crippen LogP contribution >= 0.6 is 11.6 Å². The van der Waals surface area contributed by atoms with Crippen molar-refractivity contribution < 1.29 is 17.9 Å². The van der Waals surface area contributed by atoms with Crippen LogP contribution in [-0.4, -0.2) is 15.0 Å². The van der Waals surface area contributed by atoms with Crippen molar-refractivity contribution in [1.29, 1.82) is 0 Å². The molecule has 1 N–H and O–H groups in total. The molecule has 4 aromatic rings. The number of halogens is 4. The number of fused-ring (bicyclic) bond motifs is 4. The SMILES string of the molecule is FC(F)(F)c1ccc2c(c1)Oc1cnc3nc(-c4ncccc4Cl)ccc3c1N2. The Balaban J connectivity index is 1.58. The molecule has 0 saturated carbocycles. The smallest absolute Gasteiger partial charge is 0.416 e. The van der Waals surface area contributed by atoms with Crippen LogP contribution < -0.4 is 10.1 Å². The Bertz CT molecular complexity index is 1280. The van der Waals surface area contributed by atoms with Crippen molar-refractivity contribution in [3.63, 3.8) is 0 Å². The van der Waals surface area contributed by atoms with Gasteiger partial charge in [-0.2, -0.15) is 13.2 Å². The van der Waals surface area contributed by atoms with Crippen LogP contribution in [0.5, 0.6) is 11.5 Å². The van der Waals surface area contributed by atoms with Crippen LogP contribution in [0.15, 0.2) is 54.9 Å². The fourth-order valence-corrected chi connectivity index (χ4v) is 3.33. The van der Waals surface area contributed by atoms with Crippen LogP contribution in [-0.2, 0) is 6.18 Å². The Labute approximate surface area is 167 Å². The van der Waals surface area contributed by atoms with Crippen LogP contribution in [0.4, 0.5) is 24.5 Å². The number of hydrogen-bond donors (Lipinski definition) is 1. The summed E-state index contributed by atoms with van der Waals surface area (Å²) in [4.78, 5) is 13.0. The number of pyridine rings is 3. The van der Waals surface area contributed by atoms with Gasteiger partial charge in [-0.15, -0.1) is 0 Å². The van der Waals surface area contributed by atoms with E-state index >= 15 is 0 Å². The lowest BCUT2D eigenvalue weighted by Gasteiger charge is -2.23. The van der Waals surface area contributed by atoms with Gasteiger partial charge in [-0.25, -0.2) is 9.97 Å². The van der Waals surface area contributed by atoms with E-state index in [1.54, 1.807) is 30.5 Å². The van der Waals surface area contributed by atoms with Gasteiger partial charge < -0.3 is 10.1 Å². The first-order valence-corrected chi connectivity index (χ1v) is 8.85. The van der Waals surface area contributed by atoms with Crippen molar-refractivity contribution >= 4 is 34.0 Å². The highest BCUT2D eigenvalue weighted by Gasteiger charge is 2.32. The molecule has 144 valence electrons. The molecule has 4 heterocycles. The van der Waals surface area contributed by atoms with Gasteiger partial charge >= 0.3 is 6.18 Å². The van der Waals surface area contributed by atoms with Gasteiger partial charge in [-0.05, 0) is 42.5 Å². The fraction of sp³-hybridized carbons (Fsp3) is 0.0500. The second-order valence-corrected chi connectivity index (χ2v) is 6.74. The van der Waals surface area contributed by atoms with Gasteiger partial charge in [-0.1, -0.05) is 11.6 Å². The molecule has 0 unspecified atom stereocenters. The minimum atomic E-state index is -4.45. The molecule has 1 aromatic carbocycles. The first kappa shape index (κ1) is 17.7. The van der Waals surface area contributed by atoms with Crippen LogP contribution in [0.2, 0.25) is 5.02 Å². The molecule has 0 atom stereocenters. The summed E-state index contributed by atoms with van der Waals surface area (Å²) in [5.74, 6) is 0.396. The fourth-order valence-electron chi connectivity index (χ4n) is 3.11. The van der Waals surface area contributed by atoms with Gasteiger partial charge in [-0.3, -0.25) is 4.98 Å². The highest BCUT2D eigenvalue weighted by molar-refractivity contribution is 6.32. The van der Waals surface area contributed by atoms with Gasteiger partial charge in [0.2, 0.25) is 0 Å². The molecule has 1 aliphatic heterocycles. The highest BCUT2D eigenvalue weighted by Crippen LogP contribution is 2.46. The van der Waals surface area contributed by atoms with Gasteiger partial charge in [0.25, 0.3) is 0 Å². The monoisotopic (exact) mass is 414 g/mol. The largest absolute Gasteiger partial charge is 0.451 e. The zero-order valence-electron chi connectivity index (χ0n) is 14.5. The summed E-state index contributed by atoms with van der Waals surface area (Å²) in [6, 6.07) is 10.3. The molecule has 0 fully saturated rings. The quantitative estimate of drug-likeness (QED) is 0.353. The lowest BCUT2D eigenvalue weighted by molar-refractivity contribution is -0.137. The van der Waals surface area contributed by atoms with Crippen LogP contribution in [0.3, 0.4) is 0 Å². The van der Waals surface area contributed by atoms with E-state index in [0.717, 1.165) is 12.1 Å². The number of nitrogens with one attached hydrogen (secondary N) is 1. The summed E-state index contributed by atoms with van der Waals surface area (Å²) in [6.45, 7) is 0. The molecule has 9 heteroatoms. The third-order valence-corrected chi connectivity index (χ3v) is 4.79. The molecular formula is C20H10ClF3N4O. The number of rotatable bonds is 1. The van der Waals surface area contributed by atoms with Crippen molar-refractivity contribution in [3.05, 3.63) is 65.4 Å². The number of ether oxygens (including phenoxy) is 1. The van der Waals surface area contributed by atoms with Crippen molar-refractivity contribution in [2.45, 2.75) is 6.18 Å². The average molecular weight is 415 g/mol. The van der Waals surface area contributed by atoms with E-state index < -0.39 is 11.7 Å². The third-order valence-electron chi connectivity index (χ3n) is 4.48. The first-order chi connectivity index (χ1) is 13.9. The van der Waals surface area contributed by atoms with Crippen molar-refractivity contribution in [2.75, 3.05) is 5.32 Å². The summed E-state index contributed by atoms with van der Waals surface area (Å²) in [6.07, 6.45) is -1.41. The summed E-state index contributed by atoms with van der Waals surface area (Å²) in [5.41, 5.74) is 1.74. The van der Waals surface area contributed by atoms with Gasteiger partial charge in [0.15, 0.2) is 17.1 Å². The Hall–Kier alpha value is -3.39. The van der Waals surface area contributed by atoms with Crippen LogP contribution in [0, 0.1) is 0 Å². The zero-order chi connectivity index (χ0) is 20.2. The molecule has 1 aliphatic rings. The third kappa shape index (κ3) is 3.01. The molecule has 0 radical (unpaired) electrons. The topological polar surface area (TPSA) is 59.9 Å². The van der Waals surface area contributed by atoms with Gasteiger partial charge in [0.05, 0.1) is 33.9 Å². The molecule has 0 amide bonds. The molecule has 0 bridgehead atoms. The molecule has 0 aliphatic carbocycles. The number of aromatic nitrogens is 3. The predicted octanol–water partition coefficient (Wildman–Crippen LogP) is 6.21. The maximum atomic E-state index is 13.0. The molecule has 0 saturated heterocycles. The Morgan fingerprint density at radius 2 is 1.86 bits per heavy atom. The summed E-state index contributed by atoms with van der Waals surface area (Å²) in [7, 11) is 0. The minimum absolute atomic E-state index is 0.0818. The van der Waals surface area contributed by atoms with Gasteiger partial charge in [0.1, 0.15) is 5.69 Å². The summed E-state index contributed by atoms with van der Waals surface area (Å²) >= 11 is 6.19. The number of alkyl halides is 3. The van der Waals surface area contributed by atoms with E-state index in [0.29, 0.717) is 44.6 Å². The summed E-state index contributed by atoms with van der Waals surface area (Å²) in [5, 5.41) is 4.24. The number of anilines is 2. The minimum Gasteiger partial charge on any atom is -0.451 e. The maximum absolute atomic E-state index is 13.0. The van der Waals surface area contributed by atoms with E-state index in [4.69, 9.17) is 16.3 Å². The van der Waals surface area contributed by atoms with Crippen molar-refractivity contribution in [2.24, 2.45) is 0 Å². The van der Waals surface area contributed by atoms with Gasteiger partial charge in [0, 0.05) is 11.6 Å². The molecular weight excluding hydrogens is 405 g/mol. The molecule has 5 rings (SSSR count). The Kier molecular flexibility index (Phi) is 3.85. The molecule has 29 heavy (non-hydrogen) atoms. The number of benzene rings is 1. The lowest BCUT2D eigenvalue weighted by Crippen LogP contribution is -2.09. The first-order valence-electron chi connectivity index (χ1n) is 8.47. The van der Waals surface area contributed by atoms with Crippen molar-refractivity contribution in [3.8, 4) is 22.9 Å². The van der Waals surface area contributed by atoms with E-state index in [1.807, 2.05) is 0 Å². The number of nitrogens with zero attached hydrogens (tertiary/aromatic N) is 3. The highest BCUT2D eigenvalue weighted by atomic mass is 35.5. The van der Waals surface area contributed by atoms with Crippen LogP contribution in [0.1, 0.15) is 5.56 Å². The molecule has 3 aromatic heterocycles. The predicted molar refractivity (Wildman–Crippen MR) is 103 cm³/mol. The molecule has 5 nitrogen and oxygen atoms in total. The lowest BCUT2D eigenvalue weighted by atomic mass is 10.1. The van der Waals surface area contributed by atoms with E-state index in [-0.39, 0.29) is 5.75 Å². The van der Waals surface area contributed by atoms with E-state index in [2.05, 4.69) is 20.3 Å². The normalized spacial score (nSPS) is 12.7. The zero-order valence-corrected chi connectivity index (χ0v) is 15.2. The maximum Gasteiger partial charge on any atom is 0.416 e. The molecule has 0 spiro atoms. The second-order valence-electron chi connectivity index (χ2n) is 6.33. The average Bonchev–Trinajstić information content (AvgIpc) is 2.71.